The second-order valence-corrected chi connectivity index (χ2v) is 9.86. The van der Waals surface area contributed by atoms with E-state index in [2.05, 4.69) is 53.7 Å². The lowest BCUT2D eigenvalue weighted by atomic mass is 9.85. The first-order chi connectivity index (χ1) is 16.4. The van der Waals surface area contributed by atoms with Gasteiger partial charge in [-0.05, 0) is 93.7 Å². The predicted molar refractivity (Wildman–Crippen MR) is 139 cm³/mol. The Balaban J connectivity index is 2.05. The number of hydrogen-bond donors (Lipinski definition) is 0. The first kappa shape index (κ1) is 21.9. The zero-order chi connectivity index (χ0) is 24.3. The molecule has 0 spiro atoms. The van der Waals surface area contributed by atoms with E-state index in [0.29, 0.717) is 11.1 Å². The highest BCUT2D eigenvalue weighted by molar-refractivity contribution is 9.10. The molecule has 0 bridgehead atoms. The van der Waals surface area contributed by atoms with E-state index in [0.717, 1.165) is 64.6 Å². The Labute approximate surface area is 214 Å². The summed E-state index contributed by atoms with van der Waals surface area (Å²) in [5.41, 5.74) is 10.4. The SMILES string of the molecule is [C-]#[N+]/C(C#N)=C1/c2cc(Br)ccc2-c2c(C)c3c(c(C)c21)-c1ccc(Br)cc1/C3=C(/C#N)[N+]#[C-]. The van der Waals surface area contributed by atoms with E-state index in [1.165, 1.54) is 0 Å². The molecule has 0 saturated carbocycles. The second kappa shape index (κ2) is 7.83. The lowest BCUT2D eigenvalue weighted by molar-refractivity contribution is 1.36. The molecular formula is C28H12Br2N4. The van der Waals surface area contributed by atoms with Crippen LogP contribution in [0.1, 0.15) is 33.4 Å². The number of halogens is 2. The Morgan fingerprint density at radius 2 is 1.06 bits per heavy atom. The summed E-state index contributed by atoms with van der Waals surface area (Å²) in [6.45, 7) is 19.3. The van der Waals surface area contributed by atoms with Crippen molar-refractivity contribution < 1.29 is 0 Å². The molecule has 0 N–H and O–H groups in total. The maximum Gasteiger partial charge on any atom is 0.270 e. The molecule has 0 atom stereocenters. The van der Waals surface area contributed by atoms with Crippen molar-refractivity contribution in [1.29, 1.82) is 10.5 Å². The predicted octanol–water partition coefficient (Wildman–Crippen LogP) is 8.19. The molecule has 0 saturated heterocycles. The molecule has 0 fully saturated rings. The number of nitriles is 2. The van der Waals surface area contributed by atoms with Gasteiger partial charge in [0.05, 0.1) is 25.3 Å². The monoisotopic (exact) mass is 562 g/mol. The molecular weight excluding hydrogens is 552 g/mol. The first-order valence-corrected chi connectivity index (χ1v) is 11.8. The van der Waals surface area contributed by atoms with Gasteiger partial charge in [0.15, 0.2) is 0 Å². The molecule has 3 aromatic rings. The maximum atomic E-state index is 9.81. The van der Waals surface area contributed by atoms with Crippen molar-refractivity contribution in [2.24, 2.45) is 0 Å². The minimum atomic E-state index is 0.0456. The Morgan fingerprint density at radius 3 is 1.38 bits per heavy atom. The lowest BCUT2D eigenvalue weighted by Gasteiger charge is -2.18. The number of nitrogens with zero attached hydrogens (tertiary/aromatic N) is 4. The molecule has 0 aliphatic heterocycles. The number of benzene rings is 3. The van der Waals surface area contributed by atoms with Crippen LogP contribution >= 0.6 is 31.9 Å². The van der Waals surface area contributed by atoms with Crippen LogP contribution in [0, 0.1) is 49.7 Å². The van der Waals surface area contributed by atoms with Crippen molar-refractivity contribution in [1.82, 2.24) is 0 Å². The first-order valence-electron chi connectivity index (χ1n) is 10.2. The molecule has 4 nitrogen and oxygen atoms in total. The highest BCUT2D eigenvalue weighted by Gasteiger charge is 2.37. The topological polar surface area (TPSA) is 56.3 Å². The van der Waals surface area contributed by atoms with Gasteiger partial charge in [0, 0.05) is 20.1 Å². The van der Waals surface area contributed by atoms with Gasteiger partial charge in [0.25, 0.3) is 11.4 Å². The van der Waals surface area contributed by atoms with Gasteiger partial charge in [0.2, 0.25) is 0 Å². The van der Waals surface area contributed by atoms with Crippen molar-refractivity contribution in [3.63, 3.8) is 0 Å². The van der Waals surface area contributed by atoms with E-state index >= 15 is 0 Å². The van der Waals surface area contributed by atoms with Crippen LogP contribution in [0.2, 0.25) is 0 Å². The normalized spacial score (nSPS) is 15.1. The smallest absolute Gasteiger partial charge is 0.226 e. The van der Waals surface area contributed by atoms with Crippen molar-refractivity contribution in [2.45, 2.75) is 13.8 Å². The summed E-state index contributed by atoms with van der Waals surface area (Å²) in [6.07, 6.45) is 0. The van der Waals surface area contributed by atoms with Gasteiger partial charge < -0.3 is 0 Å². The van der Waals surface area contributed by atoms with Crippen LogP contribution in [0.25, 0.3) is 43.1 Å². The zero-order valence-electron chi connectivity index (χ0n) is 18.0. The third-order valence-electron chi connectivity index (χ3n) is 6.45. The Bertz CT molecular complexity index is 1570. The van der Waals surface area contributed by atoms with Gasteiger partial charge in [-0.2, -0.15) is 0 Å². The van der Waals surface area contributed by atoms with Crippen LogP contribution in [0.4, 0.5) is 0 Å². The molecule has 0 heterocycles. The minimum absolute atomic E-state index is 0.0456. The summed E-state index contributed by atoms with van der Waals surface area (Å²) in [6, 6.07) is 15.9. The van der Waals surface area contributed by atoms with Gasteiger partial charge in [-0.3, -0.25) is 0 Å². The standard InChI is InChI=1S/C28H12Br2N4/c1-13-23-17-7-5-15(29)9-19(17)28(22(12-32)34-4)26(23)14(2)24-18-8-6-16(30)10-20(18)27(25(13)24)21(11-31)33-3/h5-10H,1-2H3/b27-21-,28-22+. The van der Waals surface area contributed by atoms with Gasteiger partial charge in [-0.1, -0.05) is 44.0 Å². The van der Waals surface area contributed by atoms with Crippen molar-refractivity contribution in [3.8, 4) is 34.4 Å². The van der Waals surface area contributed by atoms with Crippen LogP contribution in [0.5, 0.6) is 0 Å². The van der Waals surface area contributed by atoms with Gasteiger partial charge in [-0.15, -0.1) is 0 Å². The number of allylic oxidation sites excluding steroid dienone is 2. The number of hydrogen-bond acceptors (Lipinski definition) is 2. The van der Waals surface area contributed by atoms with E-state index < -0.39 is 0 Å². The highest BCUT2D eigenvalue weighted by Crippen LogP contribution is 2.58. The summed E-state index contributed by atoms with van der Waals surface area (Å²) in [7, 11) is 0. The Kier molecular flexibility index (Phi) is 5.04. The average Bonchev–Trinajstić information content (AvgIpc) is 3.33. The van der Waals surface area contributed by atoms with Crippen LogP contribution in [0.15, 0.2) is 56.7 Å². The fourth-order valence-electron chi connectivity index (χ4n) is 5.22. The fourth-order valence-corrected chi connectivity index (χ4v) is 5.94. The fraction of sp³-hybridized carbons (Fsp3) is 0.0714. The summed E-state index contributed by atoms with van der Waals surface area (Å²) < 4.78 is 1.72. The summed E-state index contributed by atoms with van der Waals surface area (Å²) in [5.74, 6) is 0. The highest BCUT2D eigenvalue weighted by atomic mass is 79.9. The van der Waals surface area contributed by atoms with Crippen LogP contribution in [-0.4, -0.2) is 0 Å². The number of fused-ring (bicyclic) bond motifs is 6. The van der Waals surface area contributed by atoms with E-state index in [-0.39, 0.29) is 11.4 Å². The van der Waals surface area contributed by atoms with E-state index in [9.17, 15) is 10.5 Å². The van der Waals surface area contributed by atoms with Gasteiger partial charge >= 0.3 is 0 Å². The quantitative estimate of drug-likeness (QED) is 0.141. The minimum Gasteiger partial charge on any atom is -0.226 e. The molecule has 2 aliphatic rings. The third-order valence-corrected chi connectivity index (χ3v) is 7.44. The summed E-state index contributed by atoms with van der Waals surface area (Å²) >= 11 is 7.06. The molecule has 5 rings (SSSR count). The zero-order valence-corrected chi connectivity index (χ0v) is 21.2. The molecule has 0 radical (unpaired) electrons. The Hall–Kier alpha value is -3.94. The largest absolute Gasteiger partial charge is 0.270 e. The summed E-state index contributed by atoms with van der Waals surface area (Å²) in [5, 5.41) is 19.6. The molecule has 0 aromatic heterocycles. The molecule has 2 aliphatic carbocycles. The second-order valence-electron chi connectivity index (χ2n) is 8.02. The molecule has 0 unspecified atom stereocenters. The van der Waals surface area contributed by atoms with Crippen LogP contribution < -0.4 is 0 Å². The van der Waals surface area contributed by atoms with Crippen molar-refractivity contribution in [3.05, 3.63) is 113 Å². The molecule has 158 valence electrons. The molecule has 0 amide bonds. The number of rotatable bonds is 0. The van der Waals surface area contributed by atoms with Gasteiger partial charge in [-0.25, -0.2) is 20.2 Å². The van der Waals surface area contributed by atoms with Gasteiger partial charge in [0.1, 0.15) is 0 Å². The Morgan fingerprint density at radius 1 is 0.676 bits per heavy atom. The lowest BCUT2D eigenvalue weighted by Crippen LogP contribution is -1.99. The van der Waals surface area contributed by atoms with E-state index in [1.807, 2.05) is 50.2 Å². The molecule has 6 heteroatoms. The van der Waals surface area contributed by atoms with Crippen molar-refractivity contribution in [2.75, 3.05) is 0 Å². The van der Waals surface area contributed by atoms with Crippen LogP contribution in [-0.2, 0) is 0 Å². The molecule has 34 heavy (non-hydrogen) atoms. The average molecular weight is 564 g/mol. The van der Waals surface area contributed by atoms with Crippen molar-refractivity contribution >= 4 is 43.0 Å². The van der Waals surface area contributed by atoms with E-state index in [1.54, 1.807) is 0 Å². The van der Waals surface area contributed by atoms with Crippen LogP contribution in [0.3, 0.4) is 0 Å². The molecule has 3 aromatic carbocycles. The third kappa shape index (κ3) is 2.77. The van der Waals surface area contributed by atoms with E-state index in [4.69, 9.17) is 13.1 Å². The summed E-state index contributed by atoms with van der Waals surface area (Å²) in [4.78, 5) is 7.12. The maximum absolute atomic E-state index is 9.81.